The van der Waals surface area contributed by atoms with Crippen LogP contribution < -0.4 is 10.5 Å². The van der Waals surface area contributed by atoms with Gasteiger partial charge < -0.3 is 15.6 Å². The zero-order valence-corrected chi connectivity index (χ0v) is 12.7. The van der Waals surface area contributed by atoms with E-state index in [1.165, 1.54) is 17.1 Å². The van der Waals surface area contributed by atoms with E-state index >= 15 is 0 Å². The lowest BCUT2D eigenvalue weighted by Crippen LogP contribution is -2.29. The number of aromatic nitrogens is 2. The largest absolute Gasteiger partial charge is 0.477 e. The maximum absolute atomic E-state index is 11.3. The molecule has 0 radical (unpaired) electrons. The molecule has 116 valence electrons. The highest BCUT2D eigenvalue weighted by Crippen LogP contribution is 2.22. The van der Waals surface area contributed by atoms with Crippen LogP contribution in [0, 0.1) is 11.3 Å². The van der Waals surface area contributed by atoms with E-state index in [-0.39, 0.29) is 17.4 Å². The lowest BCUT2D eigenvalue weighted by Gasteiger charge is -2.15. The monoisotopic (exact) mass is 295 g/mol. The smallest absolute Gasteiger partial charge is 0.342 e. The van der Waals surface area contributed by atoms with E-state index < -0.39 is 17.3 Å². The summed E-state index contributed by atoms with van der Waals surface area (Å²) in [6.45, 7) is 7.57. The molecule has 0 aliphatic rings. The molecular formula is C14H21N3O4. The molecule has 0 bridgehead atoms. The number of carboxylic acid groups (broad SMARTS) is 1. The number of nitrogens with two attached hydrogens (primary N) is 1. The van der Waals surface area contributed by atoms with E-state index in [1.54, 1.807) is 19.9 Å². The topological polar surface area (TPSA) is 107 Å². The van der Waals surface area contributed by atoms with E-state index in [4.69, 9.17) is 15.6 Å². The van der Waals surface area contributed by atoms with Crippen LogP contribution in [0.5, 0.6) is 5.88 Å². The highest BCUT2D eigenvalue weighted by atomic mass is 16.5. The maximum Gasteiger partial charge on any atom is 0.342 e. The third kappa shape index (κ3) is 4.34. The van der Waals surface area contributed by atoms with Gasteiger partial charge in [0.05, 0.1) is 18.2 Å². The highest BCUT2D eigenvalue weighted by Gasteiger charge is 2.22. The van der Waals surface area contributed by atoms with E-state index in [1.807, 2.05) is 13.8 Å². The van der Waals surface area contributed by atoms with Gasteiger partial charge in [0.15, 0.2) is 0 Å². The Morgan fingerprint density at radius 2 is 2.14 bits per heavy atom. The van der Waals surface area contributed by atoms with Crippen molar-refractivity contribution >= 4 is 18.1 Å². The number of carbonyl (C=O) groups excluding carboxylic acids is 1. The van der Waals surface area contributed by atoms with Crippen LogP contribution in [0.15, 0.2) is 12.3 Å². The number of rotatable bonds is 7. The normalized spacial score (nSPS) is 12.0. The standard InChI is InChI=1S/C14H21N3O4/c1-9(2)8-21-11-10(12(18)19)7-16-17(11)6-5-14(3,4)13(15)20/h5-7,9H,8H2,1-4H3,(H2,15,20)(H,18,19)/b6-5+. The van der Waals surface area contributed by atoms with Crippen LogP contribution in [-0.2, 0) is 4.79 Å². The summed E-state index contributed by atoms with van der Waals surface area (Å²) in [6, 6.07) is 0. The fraction of sp³-hybridized carbons (Fsp3) is 0.500. The van der Waals surface area contributed by atoms with Crippen molar-refractivity contribution in [2.75, 3.05) is 6.61 Å². The first kappa shape index (κ1) is 16.7. The van der Waals surface area contributed by atoms with Crippen molar-refractivity contribution in [3.05, 3.63) is 17.8 Å². The summed E-state index contributed by atoms with van der Waals surface area (Å²) in [6.07, 6.45) is 4.24. The summed E-state index contributed by atoms with van der Waals surface area (Å²) in [7, 11) is 0. The highest BCUT2D eigenvalue weighted by molar-refractivity contribution is 5.90. The molecular weight excluding hydrogens is 274 g/mol. The van der Waals surface area contributed by atoms with Crippen LogP contribution >= 0.6 is 0 Å². The second-order valence-electron chi connectivity index (χ2n) is 5.72. The van der Waals surface area contributed by atoms with Gasteiger partial charge in [-0.05, 0) is 19.8 Å². The fourth-order valence-corrected chi connectivity index (χ4v) is 1.33. The molecule has 3 N–H and O–H groups in total. The lowest BCUT2D eigenvalue weighted by molar-refractivity contribution is -0.123. The van der Waals surface area contributed by atoms with Gasteiger partial charge in [-0.15, -0.1) is 0 Å². The quantitative estimate of drug-likeness (QED) is 0.794. The Bertz CT molecular complexity index is 559. The molecule has 0 aliphatic heterocycles. The Hall–Kier alpha value is -2.31. The van der Waals surface area contributed by atoms with E-state index in [0.717, 1.165) is 0 Å². The first-order chi connectivity index (χ1) is 9.65. The minimum absolute atomic E-state index is 0.0304. The summed E-state index contributed by atoms with van der Waals surface area (Å²) in [4.78, 5) is 22.4. The Morgan fingerprint density at radius 1 is 1.52 bits per heavy atom. The van der Waals surface area contributed by atoms with Crippen LogP contribution in [0.2, 0.25) is 0 Å². The zero-order valence-electron chi connectivity index (χ0n) is 12.7. The molecule has 1 aromatic heterocycles. The average molecular weight is 295 g/mol. The number of aromatic carboxylic acids is 1. The molecule has 0 aliphatic carbocycles. The van der Waals surface area contributed by atoms with Crippen LogP contribution in [0.1, 0.15) is 38.1 Å². The van der Waals surface area contributed by atoms with Crippen LogP contribution in [-0.4, -0.2) is 33.4 Å². The van der Waals surface area contributed by atoms with Gasteiger partial charge in [0, 0.05) is 6.20 Å². The molecule has 1 aromatic rings. The molecule has 7 heteroatoms. The maximum atomic E-state index is 11.3. The summed E-state index contributed by atoms with van der Waals surface area (Å²) >= 11 is 0. The third-order valence-corrected chi connectivity index (χ3v) is 2.80. The minimum Gasteiger partial charge on any atom is -0.477 e. The molecule has 0 saturated carbocycles. The van der Waals surface area contributed by atoms with Crippen molar-refractivity contribution in [2.24, 2.45) is 17.1 Å². The first-order valence-corrected chi connectivity index (χ1v) is 6.58. The van der Waals surface area contributed by atoms with Gasteiger partial charge in [-0.2, -0.15) is 5.10 Å². The Kier molecular flexibility index (Phi) is 5.12. The average Bonchev–Trinajstić information content (AvgIpc) is 2.76. The Morgan fingerprint density at radius 3 is 2.62 bits per heavy atom. The van der Waals surface area contributed by atoms with E-state index in [9.17, 15) is 9.59 Å². The Balaban J connectivity index is 3.09. The molecule has 1 rings (SSSR count). The van der Waals surface area contributed by atoms with E-state index in [2.05, 4.69) is 5.10 Å². The summed E-state index contributed by atoms with van der Waals surface area (Å²) < 4.78 is 6.80. The summed E-state index contributed by atoms with van der Waals surface area (Å²) in [5, 5.41) is 13.1. The second kappa shape index (κ2) is 6.43. The molecule has 0 saturated heterocycles. The Labute approximate surface area is 123 Å². The van der Waals surface area contributed by atoms with Crippen LogP contribution in [0.25, 0.3) is 6.20 Å². The van der Waals surface area contributed by atoms with E-state index in [0.29, 0.717) is 6.61 Å². The van der Waals surface area contributed by atoms with Crippen molar-refractivity contribution in [3.63, 3.8) is 0 Å². The number of amides is 1. The predicted molar refractivity (Wildman–Crippen MR) is 77.8 cm³/mol. The number of primary amides is 1. The summed E-state index contributed by atoms with van der Waals surface area (Å²) in [5.74, 6) is -1.25. The first-order valence-electron chi connectivity index (χ1n) is 6.58. The minimum atomic E-state index is -1.12. The van der Waals surface area contributed by atoms with Crippen molar-refractivity contribution in [2.45, 2.75) is 27.7 Å². The number of ether oxygens (including phenoxy) is 1. The van der Waals surface area contributed by atoms with Crippen LogP contribution in [0.3, 0.4) is 0 Å². The molecule has 1 heterocycles. The predicted octanol–water partition coefficient (Wildman–Crippen LogP) is 1.60. The van der Waals surface area contributed by atoms with Gasteiger partial charge >= 0.3 is 5.97 Å². The number of nitrogens with zero attached hydrogens (tertiary/aromatic N) is 2. The van der Waals surface area contributed by atoms with Gasteiger partial charge in [-0.3, -0.25) is 4.79 Å². The second-order valence-corrected chi connectivity index (χ2v) is 5.72. The van der Waals surface area contributed by atoms with Gasteiger partial charge in [-0.25, -0.2) is 9.48 Å². The van der Waals surface area contributed by atoms with Gasteiger partial charge in [-0.1, -0.05) is 19.9 Å². The number of hydrogen-bond donors (Lipinski definition) is 2. The molecule has 1 amide bonds. The lowest BCUT2D eigenvalue weighted by atomic mass is 9.93. The van der Waals surface area contributed by atoms with Crippen molar-refractivity contribution in [1.29, 1.82) is 0 Å². The number of hydrogen-bond acceptors (Lipinski definition) is 4. The SMILES string of the molecule is CC(C)COc1c(C(=O)O)cnn1/C=C/C(C)(C)C(N)=O. The molecule has 0 unspecified atom stereocenters. The van der Waals surface area contributed by atoms with Crippen molar-refractivity contribution in [1.82, 2.24) is 9.78 Å². The third-order valence-electron chi connectivity index (χ3n) is 2.80. The van der Waals surface area contributed by atoms with Crippen LogP contribution in [0.4, 0.5) is 0 Å². The molecule has 7 nitrogen and oxygen atoms in total. The van der Waals surface area contributed by atoms with Gasteiger partial charge in [0.25, 0.3) is 0 Å². The molecule has 0 aromatic carbocycles. The fourth-order valence-electron chi connectivity index (χ4n) is 1.33. The number of carboxylic acids is 1. The zero-order chi connectivity index (χ0) is 16.2. The summed E-state index contributed by atoms with van der Waals surface area (Å²) in [5.41, 5.74) is 4.38. The molecule has 21 heavy (non-hydrogen) atoms. The number of carbonyl (C=O) groups is 2. The van der Waals surface area contributed by atoms with Crippen molar-refractivity contribution < 1.29 is 19.4 Å². The molecule has 0 spiro atoms. The van der Waals surface area contributed by atoms with Gasteiger partial charge in [0.2, 0.25) is 11.8 Å². The molecule has 0 atom stereocenters. The van der Waals surface area contributed by atoms with Gasteiger partial charge in [0.1, 0.15) is 5.56 Å². The molecule has 0 fully saturated rings. The van der Waals surface area contributed by atoms with Crippen molar-refractivity contribution in [3.8, 4) is 5.88 Å².